The number of anilines is 1. The predicted molar refractivity (Wildman–Crippen MR) is 110 cm³/mol. The molecule has 10 nitrogen and oxygen atoms in total. The molecule has 0 fully saturated rings. The number of carbonyl (C=O) groups excluding carboxylic acids is 2. The summed E-state index contributed by atoms with van der Waals surface area (Å²) in [6, 6.07) is 10.6. The summed E-state index contributed by atoms with van der Waals surface area (Å²) in [6.45, 7) is 2.51. The van der Waals surface area contributed by atoms with Gasteiger partial charge in [0.05, 0.1) is 22.4 Å². The molecule has 0 bridgehead atoms. The van der Waals surface area contributed by atoms with E-state index in [1.54, 1.807) is 6.92 Å². The van der Waals surface area contributed by atoms with Crippen molar-refractivity contribution in [3.05, 3.63) is 54.1 Å². The molecule has 0 saturated carbocycles. The summed E-state index contributed by atoms with van der Waals surface area (Å²) in [5, 5.41) is 10.2. The number of hydrogen-bond acceptors (Lipinski definition) is 6. The third-order valence-electron chi connectivity index (χ3n) is 3.99. The summed E-state index contributed by atoms with van der Waals surface area (Å²) in [7, 11) is -7.74. The van der Waals surface area contributed by atoms with Gasteiger partial charge in [0.2, 0.25) is 31.9 Å². The minimum atomic E-state index is -3.93. The topological polar surface area (TPSA) is 165 Å². The minimum absolute atomic E-state index is 0.0537. The van der Waals surface area contributed by atoms with Gasteiger partial charge in [0.25, 0.3) is 0 Å². The summed E-state index contributed by atoms with van der Waals surface area (Å²) >= 11 is 0. The molecule has 0 spiro atoms. The fourth-order valence-electron chi connectivity index (χ4n) is 2.49. The number of nitrogens with one attached hydrogen (secondary N) is 3. The van der Waals surface area contributed by atoms with Crippen LogP contribution in [0.4, 0.5) is 5.69 Å². The Morgan fingerprint density at radius 1 is 0.933 bits per heavy atom. The van der Waals surface area contributed by atoms with Gasteiger partial charge in [-0.2, -0.15) is 0 Å². The molecule has 30 heavy (non-hydrogen) atoms. The standard InChI is InChI=1S/C18H22N4O6S2/c1-12(14-3-7-16(8-4-14)29(19,25)26)21-18(24)11-20-30(27,28)17-9-5-15(6-10-17)22-13(2)23/h3-10,12,20H,11H2,1-2H3,(H,21,24)(H,22,23)(H2,19,25,26)/t12-/m1/s1. The lowest BCUT2D eigenvalue weighted by Crippen LogP contribution is -2.38. The van der Waals surface area contributed by atoms with Crippen LogP contribution in [-0.2, 0) is 29.6 Å². The van der Waals surface area contributed by atoms with Crippen molar-refractivity contribution in [2.45, 2.75) is 29.7 Å². The molecular formula is C18H22N4O6S2. The van der Waals surface area contributed by atoms with Crippen molar-refractivity contribution >= 4 is 37.5 Å². The lowest BCUT2D eigenvalue weighted by Gasteiger charge is -2.15. The molecule has 1 atom stereocenters. The number of nitrogens with two attached hydrogens (primary N) is 1. The average Bonchev–Trinajstić information content (AvgIpc) is 2.66. The minimum Gasteiger partial charge on any atom is -0.348 e. The Labute approximate surface area is 175 Å². The molecule has 2 aromatic carbocycles. The van der Waals surface area contributed by atoms with Gasteiger partial charge in [-0.1, -0.05) is 12.1 Å². The first-order chi connectivity index (χ1) is 13.9. The molecule has 0 aliphatic heterocycles. The van der Waals surface area contributed by atoms with E-state index in [-0.39, 0.29) is 15.7 Å². The first-order valence-corrected chi connectivity index (χ1v) is 11.7. The van der Waals surface area contributed by atoms with Gasteiger partial charge in [0.15, 0.2) is 0 Å². The highest BCUT2D eigenvalue weighted by molar-refractivity contribution is 7.89. The molecule has 5 N–H and O–H groups in total. The maximum atomic E-state index is 12.3. The quantitative estimate of drug-likeness (QED) is 0.452. The number of primary sulfonamides is 1. The monoisotopic (exact) mass is 454 g/mol. The molecule has 0 radical (unpaired) electrons. The van der Waals surface area contributed by atoms with Crippen LogP contribution in [0.5, 0.6) is 0 Å². The summed E-state index contributed by atoms with van der Waals surface area (Å²) in [5.41, 5.74) is 1.06. The second-order valence-corrected chi connectivity index (χ2v) is 9.76. The third kappa shape index (κ3) is 6.62. The molecule has 0 aliphatic rings. The van der Waals surface area contributed by atoms with Crippen LogP contribution in [-0.4, -0.2) is 35.2 Å². The van der Waals surface area contributed by atoms with Crippen LogP contribution in [0.25, 0.3) is 0 Å². The van der Waals surface area contributed by atoms with Gasteiger partial charge in [0, 0.05) is 12.6 Å². The van der Waals surface area contributed by atoms with Crippen LogP contribution in [0.1, 0.15) is 25.5 Å². The van der Waals surface area contributed by atoms with Crippen molar-refractivity contribution in [1.29, 1.82) is 0 Å². The van der Waals surface area contributed by atoms with E-state index in [4.69, 9.17) is 5.14 Å². The van der Waals surface area contributed by atoms with Crippen LogP contribution < -0.4 is 20.5 Å². The van der Waals surface area contributed by atoms with E-state index in [9.17, 15) is 26.4 Å². The number of amides is 2. The molecule has 0 unspecified atom stereocenters. The second kappa shape index (κ2) is 9.34. The SMILES string of the molecule is CC(=O)Nc1ccc(S(=O)(=O)NCC(=O)N[C@H](C)c2ccc(S(N)(=O)=O)cc2)cc1. The van der Waals surface area contributed by atoms with Crippen LogP contribution in [0.2, 0.25) is 0 Å². The van der Waals surface area contributed by atoms with Crippen LogP contribution >= 0.6 is 0 Å². The maximum absolute atomic E-state index is 12.3. The van der Waals surface area contributed by atoms with Crippen molar-refractivity contribution < 1.29 is 26.4 Å². The molecule has 0 saturated heterocycles. The van der Waals surface area contributed by atoms with E-state index in [0.29, 0.717) is 11.3 Å². The number of sulfonamides is 2. The molecular weight excluding hydrogens is 432 g/mol. The van der Waals surface area contributed by atoms with Gasteiger partial charge in [0.1, 0.15) is 0 Å². The van der Waals surface area contributed by atoms with Gasteiger partial charge >= 0.3 is 0 Å². The van der Waals surface area contributed by atoms with Gasteiger partial charge in [-0.25, -0.2) is 26.7 Å². The van der Waals surface area contributed by atoms with E-state index in [2.05, 4.69) is 15.4 Å². The first-order valence-electron chi connectivity index (χ1n) is 8.68. The molecule has 0 aromatic heterocycles. The van der Waals surface area contributed by atoms with Crippen molar-refractivity contribution in [1.82, 2.24) is 10.0 Å². The summed E-state index contributed by atoms with van der Waals surface area (Å²) in [4.78, 5) is 23.0. The van der Waals surface area contributed by atoms with Gasteiger partial charge in [-0.15, -0.1) is 0 Å². The zero-order chi connectivity index (χ0) is 22.5. The van der Waals surface area contributed by atoms with E-state index in [1.807, 2.05) is 0 Å². The zero-order valence-electron chi connectivity index (χ0n) is 16.2. The Kier molecular flexibility index (Phi) is 7.31. The summed E-state index contributed by atoms with van der Waals surface area (Å²) in [6.07, 6.45) is 0. The van der Waals surface area contributed by atoms with Crippen LogP contribution in [0, 0.1) is 0 Å². The highest BCUT2D eigenvalue weighted by Crippen LogP contribution is 2.16. The normalized spacial score (nSPS) is 12.8. The lowest BCUT2D eigenvalue weighted by atomic mass is 10.1. The summed E-state index contributed by atoms with van der Waals surface area (Å²) < 4.78 is 49.4. The highest BCUT2D eigenvalue weighted by atomic mass is 32.2. The number of benzene rings is 2. The summed E-state index contributed by atoms with van der Waals surface area (Å²) in [5.74, 6) is -0.856. The van der Waals surface area contributed by atoms with Crippen LogP contribution in [0.15, 0.2) is 58.3 Å². The van der Waals surface area contributed by atoms with E-state index < -0.39 is 38.5 Å². The predicted octanol–water partition coefficient (Wildman–Crippen LogP) is 0.448. The average molecular weight is 455 g/mol. The Bertz CT molecular complexity index is 1130. The highest BCUT2D eigenvalue weighted by Gasteiger charge is 2.17. The number of rotatable bonds is 8. The molecule has 2 amide bonds. The third-order valence-corrected chi connectivity index (χ3v) is 6.34. The van der Waals surface area contributed by atoms with Crippen molar-refractivity contribution in [2.75, 3.05) is 11.9 Å². The Balaban J connectivity index is 1.95. The van der Waals surface area contributed by atoms with Crippen molar-refractivity contribution in [2.24, 2.45) is 5.14 Å². The molecule has 162 valence electrons. The van der Waals surface area contributed by atoms with Gasteiger partial charge in [-0.05, 0) is 48.9 Å². The fourth-order valence-corrected chi connectivity index (χ4v) is 3.98. The second-order valence-electron chi connectivity index (χ2n) is 6.43. The van der Waals surface area contributed by atoms with Crippen LogP contribution in [0.3, 0.4) is 0 Å². The maximum Gasteiger partial charge on any atom is 0.241 e. The van der Waals surface area contributed by atoms with E-state index in [1.165, 1.54) is 55.5 Å². The largest absolute Gasteiger partial charge is 0.348 e. The Morgan fingerprint density at radius 2 is 1.47 bits per heavy atom. The first kappa shape index (κ1) is 23.5. The van der Waals surface area contributed by atoms with Gasteiger partial charge < -0.3 is 10.6 Å². The van der Waals surface area contributed by atoms with Gasteiger partial charge in [-0.3, -0.25) is 9.59 Å². The Morgan fingerprint density at radius 3 is 1.97 bits per heavy atom. The number of carbonyl (C=O) groups is 2. The van der Waals surface area contributed by atoms with Crippen molar-refractivity contribution in [3.63, 3.8) is 0 Å². The molecule has 2 rings (SSSR count). The Hall–Kier alpha value is -2.80. The van der Waals surface area contributed by atoms with E-state index in [0.717, 1.165) is 0 Å². The van der Waals surface area contributed by atoms with Crippen molar-refractivity contribution in [3.8, 4) is 0 Å². The van der Waals surface area contributed by atoms with E-state index >= 15 is 0 Å². The smallest absolute Gasteiger partial charge is 0.241 e. The fraction of sp³-hybridized carbons (Fsp3) is 0.222. The molecule has 0 heterocycles. The molecule has 2 aromatic rings. The number of hydrogen-bond donors (Lipinski definition) is 4. The lowest BCUT2D eigenvalue weighted by molar-refractivity contribution is -0.120. The molecule has 12 heteroatoms. The molecule has 0 aliphatic carbocycles. The zero-order valence-corrected chi connectivity index (χ0v) is 17.9.